The molecule has 0 radical (unpaired) electrons. The molecule has 1 aromatic heterocycles. The molecule has 5 nitrogen and oxygen atoms in total. The number of carbonyl (C=O) groups is 1. The van der Waals surface area contributed by atoms with Gasteiger partial charge >= 0.3 is 5.97 Å². The fourth-order valence-electron chi connectivity index (χ4n) is 4.95. The minimum atomic E-state index is -0.691. The van der Waals surface area contributed by atoms with Crippen LogP contribution >= 0.6 is 0 Å². The van der Waals surface area contributed by atoms with Gasteiger partial charge in [-0.25, -0.2) is 0 Å². The number of likely N-dealkylation sites (tertiary alicyclic amines) is 1. The minimum Gasteiger partial charge on any atom is -0.490 e. The van der Waals surface area contributed by atoms with E-state index in [2.05, 4.69) is 43.9 Å². The summed E-state index contributed by atoms with van der Waals surface area (Å²) in [6.07, 6.45) is 5.78. The zero-order valence-corrected chi connectivity index (χ0v) is 18.4. The Morgan fingerprint density at radius 1 is 1.13 bits per heavy atom. The molecule has 1 saturated carbocycles. The molecule has 2 fully saturated rings. The van der Waals surface area contributed by atoms with E-state index in [1.165, 1.54) is 12.8 Å². The number of hydrogen-bond donors (Lipinski definition) is 1. The maximum absolute atomic E-state index is 11.2. The molecular formula is C25H34N2O3. The van der Waals surface area contributed by atoms with Crippen molar-refractivity contribution < 1.29 is 14.6 Å². The Balaban J connectivity index is 1.36. The molecule has 2 aromatic rings. The summed E-state index contributed by atoms with van der Waals surface area (Å²) in [7, 11) is 0. The van der Waals surface area contributed by atoms with Gasteiger partial charge in [0.1, 0.15) is 5.75 Å². The van der Waals surface area contributed by atoms with Crippen LogP contribution in [0.4, 0.5) is 0 Å². The van der Waals surface area contributed by atoms with Gasteiger partial charge in [0.2, 0.25) is 0 Å². The largest absolute Gasteiger partial charge is 0.490 e. The average Bonchev–Trinajstić information content (AvgIpc) is 3.17. The SMILES string of the molecule is CC(C)(C)C1CCC(Oc2ccc3nc(CN4CCC(C(=O)O)C4)ccc3c2)CC1. The van der Waals surface area contributed by atoms with Crippen molar-refractivity contribution >= 4 is 16.9 Å². The Labute approximate surface area is 179 Å². The van der Waals surface area contributed by atoms with Gasteiger partial charge in [-0.3, -0.25) is 14.7 Å². The molecule has 5 heteroatoms. The van der Waals surface area contributed by atoms with Crippen LogP contribution in [0.15, 0.2) is 30.3 Å². The number of pyridine rings is 1. The van der Waals surface area contributed by atoms with Gasteiger partial charge in [0, 0.05) is 18.5 Å². The normalized spacial score (nSPS) is 25.5. The van der Waals surface area contributed by atoms with Gasteiger partial charge in [-0.05, 0) is 74.2 Å². The van der Waals surface area contributed by atoms with Crippen LogP contribution in [0.3, 0.4) is 0 Å². The van der Waals surface area contributed by atoms with E-state index < -0.39 is 5.97 Å². The number of nitrogens with zero attached hydrogens (tertiary/aromatic N) is 2. The Bertz CT molecular complexity index is 897. The highest BCUT2D eigenvalue weighted by atomic mass is 16.5. The highest BCUT2D eigenvalue weighted by molar-refractivity contribution is 5.80. The lowest BCUT2D eigenvalue weighted by molar-refractivity contribution is -0.141. The third-order valence-corrected chi connectivity index (χ3v) is 6.93. The van der Waals surface area contributed by atoms with Gasteiger partial charge in [0.15, 0.2) is 0 Å². The number of aromatic nitrogens is 1. The monoisotopic (exact) mass is 410 g/mol. The summed E-state index contributed by atoms with van der Waals surface area (Å²) in [5.41, 5.74) is 2.34. The molecule has 1 aliphatic heterocycles. The van der Waals surface area contributed by atoms with Gasteiger partial charge < -0.3 is 9.84 Å². The van der Waals surface area contributed by atoms with E-state index in [-0.39, 0.29) is 5.92 Å². The quantitative estimate of drug-likeness (QED) is 0.741. The van der Waals surface area contributed by atoms with Crippen LogP contribution in [0.1, 0.15) is 58.6 Å². The smallest absolute Gasteiger partial charge is 0.307 e. The molecule has 1 atom stereocenters. The highest BCUT2D eigenvalue weighted by Gasteiger charge is 2.30. The van der Waals surface area contributed by atoms with Crippen molar-refractivity contribution in [3.05, 3.63) is 36.0 Å². The lowest BCUT2D eigenvalue weighted by atomic mass is 9.72. The van der Waals surface area contributed by atoms with E-state index in [4.69, 9.17) is 9.72 Å². The Hall–Kier alpha value is -2.14. The van der Waals surface area contributed by atoms with Crippen molar-refractivity contribution in [2.75, 3.05) is 13.1 Å². The zero-order chi connectivity index (χ0) is 21.3. The number of aliphatic carboxylic acids is 1. The van der Waals surface area contributed by atoms with Gasteiger partial charge in [0.05, 0.1) is 23.2 Å². The first-order valence-electron chi connectivity index (χ1n) is 11.3. The van der Waals surface area contributed by atoms with Crippen LogP contribution in [0.2, 0.25) is 0 Å². The summed E-state index contributed by atoms with van der Waals surface area (Å²) in [6.45, 7) is 9.17. The van der Waals surface area contributed by atoms with Crippen LogP contribution in [0.5, 0.6) is 5.75 Å². The lowest BCUT2D eigenvalue weighted by Crippen LogP contribution is -2.30. The Morgan fingerprint density at radius 3 is 2.57 bits per heavy atom. The van der Waals surface area contributed by atoms with Gasteiger partial charge in [0.25, 0.3) is 0 Å². The van der Waals surface area contributed by atoms with E-state index >= 15 is 0 Å². The Kier molecular flexibility index (Phi) is 6.01. The minimum absolute atomic E-state index is 0.247. The molecule has 1 N–H and O–H groups in total. The summed E-state index contributed by atoms with van der Waals surface area (Å²) >= 11 is 0. The van der Waals surface area contributed by atoms with Gasteiger partial charge in [-0.1, -0.05) is 26.8 Å². The number of carboxylic acids is 1. The first-order chi connectivity index (χ1) is 14.3. The molecule has 4 rings (SSSR count). The van der Waals surface area contributed by atoms with Crippen molar-refractivity contribution in [1.82, 2.24) is 9.88 Å². The summed E-state index contributed by atoms with van der Waals surface area (Å²) in [5, 5.41) is 10.3. The average molecular weight is 411 g/mol. The van der Waals surface area contributed by atoms with Crippen molar-refractivity contribution in [3.8, 4) is 5.75 Å². The van der Waals surface area contributed by atoms with Crippen LogP contribution in [-0.2, 0) is 11.3 Å². The number of rotatable bonds is 5. The van der Waals surface area contributed by atoms with Crippen LogP contribution in [0.25, 0.3) is 10.9 Å². The molecule has 0 amide bonds. The second kappa shape index (κ2) is 8.54. The predicted octanol–water partition coefficient (Wildman–Crippen LogP) is 5.13. The molecule has 1 aliphatic carbocycles. The molecule has 30 heavy (non-hydrogen) atoms. The van der Waals surface area contributed by atoms with E-state index in [0.29, 0.717) is 24.6 Å². The first-order valence-corrected chi connectivity index (χ1v) is 11.3. The van der Waals surface area contributed by atoms with Crippen LogP contribution in [-0.4, -0.2) is 40.2 Å². The molecule has 1 saturated heterocycles. The standard InChI is InChI=1S/C25H34N2O3/c1-25(2,3)19-5-8-21(9-6-19)30-22-10-11-23-17(14-22)4-7-20(26-23)16-27-13-12-18(15-27)24(28)29/h4,7,10-11,14,18-19,21H,5-6,8-9,12-13,15-16H2,1-3H3,(H,28,29). The third kappa shape index (κ3) is 4.94. The summed E-state index contributed by atoms with van der Waals surface area (Å²) < 4.78 is 6.30. The number of ether oxygens (including phenoxy) is 1. The zero-order valence-electron chi connectivity index (χ0n) is 18.4. The molecule has 2 heterocycles. The fraction of sp³-hybridized carbons (Fsp3) is 0.600. The fourth-order valence-corrected chi connectivity index (χ4v) is 4.95. The Morgan fingerprint density at radius 2 is 1.90 bits per heavy atom. The molecule has 1 unspecified atom stereocenters. The molecule has 2 aliphatic rings. The number of hydrogen-bond acceptors (Lipinski definition) is 4. The van der Waals surface area contributed by atoms with Crippen molar-refractivity contribution in [2.24, 2.45) is 17.3 Å². The van der Waals surface area contributed by atoms with Crippen LogP contribution in [0, 0.1) is 17.3 Å². The molecular weight excluding hydrogens is 376 g/mol. The van der Waals surface area contributed by atoms with Crippen molar-refractivity contribution in [1.29, 1.82) is 0 Å². The summed E-state index contributed by atoms with van der Waals surface area (Å²) in [4.78, 5) is 18.1. The molecule has 0 spiro atoms. The summed E-state index contributed by atoms with van der Waals surface area (Å²) in [5.74, 6) is 0.782. The van der Waals surface area contributed by atoms with Gasteiger partial charge in [-0.2, -0.15) is 0 Å². The number of fused-ring (bicyclic) bond motifs is 1. The second-order valence-electron chi connectivity index (χ2n) is 10.2. The first kappa shape index (κ1) is 21.1. The topological polar surface area (TPSA) is 62.7 Å². The number of carboxylic acid groups (broad SMARTS) is 1. The number of benzene rings is 1. The second-order valence-corrected chi connectivity index (χ2v) is 10.2. The maximum atomic E-state index is 11.2. The molecule has 0 bridgehead atoms. The summed E-state index contributed by atoms with van der Waals surface area (Å²) in [6, 6.07) is 10.3. The molecule has 162 valence electrons. The van der Waals surface area contributed by atoms with Crippen molar-refractivity contribution in [3.63, 3.8) is 0 Å². The van der Waals surface area contributed by atoms with E-state index in [9.17, 15) is 9.90 Å². The maximum Gasteiger partial charge on any atom is 0.307 e. The lowest BCUT2D eigenvalue weighted by Gasteiger charge is -2.36. The van der Waals surface area contributed by atoms with E-state index in [0.717, 1.165) is 54.1 Å². The van der Waals surface area contributed by atoms with E-state index in [1.54, 1.807) is 0 Å². The third-order valence-electron chi connectivity index (χ3n) is 6.93. The highest BCUT2D eigenvalue weighted by Crippen LogP contribution is 2.39. The van der Waals surface area contributed by atoms with Crippen molar-refractivity contribution in [2.45, 2.75) is 65.5 Å². The van der Waals surface area contributed by atoms with Gasteiger partial charge in [-0.15, -0.1) is 0 Å². The van der Waals surface area contributed by atoms with E-state index in [1.807, 2.05) is 12.1 Å². The predicted molar refractivity (Wildman–Crippen MR) is 119 cm³/mol. The van der Waals surface area contributed by atoms with Crippen LogP contribution < -0.4 is 4.74 Å². The molecule has 1 aromatic carbocycles.